The first kappa shape index (κ1) is 24.9. The fourth-order valence-corrected chi connectivity index (χ4v) is 3.18. The first-order valence-electron chi connectivity index (χ1n) is 10.6. The van der Waals surface area contributed by atoms with Crippen molar-refractivity contribution in [1.82, 2.24) is 15.5 Å². The lowest BCUT2D eigenvalue weighted by atomic mass is 10.1. The third-order valence-corrected chi connectivity index (χ3v) is 4.88. The van der Waals surface area contributed by atoms with Crippen LogP contribution in [0.3, 0.4) is 0 Å². The summed E-state index contributed by atoms with van der Waals surface area (Å²) in [7, 11) is 4.85. The molecule has 0 aromatic heterocycles. The van der Waals surface area contributed by atoms with E-state index < -0.39 is 0 Å². The second kappa shape index (κ2) is 13.9. The molecule has 0 aliphatic rings. The van der Waals surface area contributed by atoms with Crippen LogP contribution in [0.4, 0.5) is 0 Å². The maximum Gasteiger partial charge on any atom is 0.203 e. The summed E-state index contributed by atoms with van der Waals surface area (Å²) in [6, 6.07) is 4.22. The topological polar surface area (TPSA) is 67.4 Å². The summed E-state index contributed by atoms with van der Waals surface area (Å²) in [4.78, 5) is 7.19. The van der Waals surface area contributed by atoms with Crippen LogP contribution in [0.25, 0.3) is 0 Å². The first-order chi connectivity index (χ1) is 14.0. The molecule has 0 aliphatic carbocycles. The van der Waals surface area contributed by atoms with Crippen LogP contribution in [0, 0.1) is 0 Å². The Hall–Kier alpha value is -2.15. The summed E-state index contributed by atoms with van der Waals surface area (Å²) in [6.07, 6.45) is 2.27. The Labute approximate surface area is 176 Å². The van der Waals surface area contributed by atoms with E-state index in [1.165, 1.54) is 6.42 Å². The molecule has 1 unspecified atom stereocenters. The minimum atomic E-state index is 0.350. The Morgan fingerprint density at radius 1 is 1.03 bits per heavy atom. The van der Waals surface area contributed by atoms with Gasteiger partial charge in [0, 0.05) is 12.6 Å². The van der Waals surface area contributed by atoms with Gasteiger partial charge < -0.3 is 29.7 Å². The number of rotatable bonds is 13. The molecule has 29 heavy (non-hydrogen) atoms. The van der Waals surface area contributed by atoms with Crippen molar-refractivity contribution < 1.29 is 14.2 Å². The fraction of sp³-hybridized carbons (Fsp3) is 0.682. The predicted molar refractivity (Wildman–Crippen MR) is 121 cm³/mol. The number of benzene rings is 1. The van der Waals surface area contributed by atoms with Crippen LogP contribution in [-0.2, 0) is 6.54 Å². The molecule has 0 fully saturated rings. The van der Waals surface area contributed by atoms with Crippen molar-refractivity contribution in [2.45, 2.75) is 53.1 Å². The van der Waals surface area contributed by atoms with Crippen LogP contribution >= 0.6 is 0 Å². The first-order valence-corrected chi connectivity index (χ1v) is 10.6. The summed E-state index contributed by atoms with van der Waals surface area (Å²) in [5.74, 6) is 2.69. The molecular weight excluding hydrogens is 368 g/mol. The second-order valence-electron chi connectivity index (χ2n) is 6.94. The zero-order valence-corrected chi connectivity index (χ0v) is 19.3. The fourth-order valence-electron chi connectivity index (χ4n) is 3.18. The number of nitrogens with zero attached hydrogens (tertiary/aromatic N) is 2. The molecule has 7 nitrogen and oxygen atoms in total. The summed E-state index contributed by atoms with van der Waals surface area (Å²) in [5, 5.41) is 6.84. The van der Waals surface area contributed by atoms with Crippen LogP contribution in [0.1, 0.15) is 46.1 Å². The Morgan fingerprint density at radius 3 is 2.14 bits per heavy atom. The smallest absolute Gasteiger partial charge is 0.203 e. The highest BCUT2D eigenvalue weighted by molar-refractivity contribution is 5.80. The van der Waals surface area contributed by atoms with Crippen molar-refractivity contribution in [1.29, 1.82) is 0 Å². The van der Waals surface area contributed by atoms with Gasteiger partial charge in [-0.25, -0.2) is 4.99 Å². The van der Waals surface area contributed by atoms with E-state index in [4.69, 9.17) is 19.2 Å². The average molecular weight is 409 g/mol. The van der Waals surface area contributed by atoms with Gasteiger partial charge in [-0.15, -0.1) is 0 Å². The van der Waals surface area contributed by atoms with Crippen molar-refractivity contribution >= 4 is 5.96 Å². The largest absolute Gasteiger partial charge is 0.493 e. The third-order valence-electron chi connectivity index (χ3n) is 4.88. The van der Waals surface area contributed by atoms with Gasteiger partial charge in [-0.05, 0) is 64.0 Å². The van der Waals surface area contributed by atoms with Gasteiger partial charge in [0.25, 0.3) is 0 Å². The minimum Gasteiger partial charge on any atom is -0.493 e. The van der Waals surface area contributed by atoms with Crippen molar-refractivity contribution in [2.24, 2.45) is 4.99 Å². The molecule has 0 heterocycles. The Morgan fingerprint density at radius 2 is 1.66 bits per heavy atom. The van der Waals surface area contributed by atoms with Crippen molar-refractivity contribution in [3.63, 3.8) is 0 Å². The maximum absolute atomic E-state index is 5.43. The van der Waals surface area contributed by atoms with Crippen LogP contribution in [-0.4, -0.2) is 64.4 Å². The molecule has 1 aromatic rings. The monoisotopic (exact) mass is 408 g/mol. The van der Waals surface area contributed by atoms with E-state index in [1.54, 1.807) is 21.3 Å². The van der Waals surface area contributed by atoms with Gasteiger partial charge in [-0.2, -0.15) is 0 Å². The number of nitrogens with one attached hydrogen (secondary N) is 2. The molecule has 0 amide bonds. The number of aliphatic imine (C=N–C) groups is 1. The van der Waals surface area contributed by atoms with Gasteiger partial charge in [0.1, 0.15) is 0 Å². The van der Waals surface area contributed by atoms with Gasteiger partial charge >= 0.3 is 0 Å². The van der Waals surface area contributed by atoms with E-state index in [-0.39, 0.29) is 0 Å². The number of hydrogen-bond donors (Lipinski definition) is 2. The van der Waals surface area contributed by atoms with E-state index >= 15 is 0 Å². The van der Waals surface area contributed by atoms with Crippen LogP contribution < -0.4 is 24.8 Å². The zero-order chi connectivity index (χ0) is 21.6. The maximum atomic E-state index is 5.43. The lowest BCUT2D eigenvalue weighted by Gasteiger charge is -2.21. The lowest BCUT2D eigenvalue weighted by Crippen LogP contribution is -2.42. The Bertz CT molecular complexity index is 593. The molecule has 1 aromatic carbocycles. The molecular formula is C22H40N4O3. The summed E-state index contributed by atoms with van der Waals surface area (Å²) >= 11 is 0. The van der Waals surface area contributed by atoms with Crippen LogP contribution in [0.15, 0.2) is 17.1 Å². The van der Waals surface area contributed by atoms with Gasteiger partial charge in [-0.1, -0.05) is 13.8 Å². The molecule has 1 rings (SSSR count). The zero-order valence-electron chi connectivity index (χ0n) is 19.3. The van der Waals surface area contributed by atoms with E-state index in [9.17, 15) is 0 Å². The number of methoxy groups -OCH3 is 3. The summed E-state index contributed by atoms with van der Waals surface area (Å²) < 4.78 is 16.2. The van der Waals surface area contributed by atoms with Crippen molar-refractivity contribution in [3.8, 4) is 17.2 Å². The Kier molecular flexibility index (Phi) is 12.0. The third kappa shape index (κ3) is 8.40. The van der Waals surface area contributed by atoms with E-state index in [2.05, 4.69) is 43.2 Å². The highest BCUT2D eigenvalue weighted by Crippen LogP contribution is 2.38. The van der Waals surface area contributed by atoms with E-state index in [0.717, 1.165) is 44.1 Å². The Balaban J connectivity index is 2.76. The highest BCUT2D eigenvalue weighted by atomic mass is 16.5. The normalized spacial score (nSPS) is 12.6. The molecule has 0 bridgehead atoms. The molecule has 1 atom stereocenters. The summed E-state index contributed by atoms with van der Waals surface area (Å²) in [6.45, 7) is 13.4. The van der Waals surface area contributed by atoms with Gasteiger partial charge in [0.2, 0.25) is 5.75 Å². The number of guanidine groups is 1. The summed E-state index contributed by atoms with van der Waals surface area (Å²) in [5.41, 5.74) is 0.992. The molecule has 7 heteroatoms. The van der Waals surface area contributed by atoms with Crippen molar-refractivity contribution in [2.75, 3.05) is 47.5 Å². The molecule has 0 saturated carbocycles. The lowest BCUT2D eigenvalue weighted by molar-refractivity contribution is 0.292. The molecule has 2 N–H and O–H groups in total. The van der Waals surface area contributed by atoms with Gasteiger partial charge in [0.15, 0.2) is 17.5 Å². The second-order valence-corrected chi connectivity index (χ2v) is 6.94. The molecule has 166 valence electrons. The molecule has 0 radical (unpaired) electrons. The molecule has 0 spiro atoms. The standard InChI is InChI=1S/C22H40N4O3/c1-8-23-22(25-17(4)12-11-13-26(9-2)10-3)24-16-18-14-19(27-5)21(29-7)20(15-18)28-6/h14-15,17H,8-13,16H2,1-7H3,(H2,23,24,25). The van der Waals surface area contributed by atoms with Crippen LogP contribution in [0.2, 0.25) is 0 Å². The molecule has 0 aliphatic heterocycles. The highest BCUT2D eigenvalue weighted by Gasteiger charge is 2.13. The van der Waals surface area contributed by atoms with Gasteiger partial charge in [0.05, 0.1) is 27.9 Å². The van der Waals surface area contributed by atoms with E-state index in [1.807, 2.05) is 12.1 Å². The SMILES string of the molecule is CCNC(=NCc1cc(OC)c(OC)c(OC)c1)NC(C)CCCN(CC)CC. The van der Waals surface area contributed by atoms with Crippen molar-refractivity contribution in [3.05, 3.63) is 17.7 Å². The number of hydrogen-bond acceptors (Lipinski definition) is 5. The van der Waals surface area contributed by atoms with Crippen LogP contribution in [0.5, 0.6) is 17.2 Å². The van der Waals surface area contributed by atoms with E-state index in [0.29, 0.717) is 29.8 Å². The minimum absolute atomic E-state index is 0.350. The quantitative estimate of drug-likeness (QED) is 0.386. The van der Waals surface area contributed by atoms with Gasteiger partial charge in [-0.3, -0.25) is 0 Å². The average Bonchev–Trinajstić information content (AvgIpc) is 2.74. The predicted octanol–water partition coefficient (Wildman–Crippen LogP) is 3.28. The molecule has 0 saturated heterocycles. The number of ether oxygens (including phenoxy) is 3.